The summed E-state index contributed by atoms with van der Waals surface area (Å²) in [7, 11) is 1.99. The first-order valence-electron chi connectivity index (χ1n) is 4.50. The summed E-state index contributed by atoms with van der Waals surface area (Å²) >= 11 is 0. The second kappa shape index (κ2) is 3.90. The Kier molecular flexibility index (Phi) is 3.09. The maximum absolute atomic E-state index is 10.2. The summed E-state index contributed by atoms with van der Waals surface area (Å²) in [6.45, 7) is 3.99. The predicted octanol–water partition coefficient (Wildman–Crippen LogP) is 1.05. The molecule has 0 radical (unpaired) electrons. The van der Waals surface area contributed by atoms with E-state index in [1.807, 2.05) is 7.05 Å². The minimum atomic E-state index is -0.703. The third-order valence-electron chi connectivity index (χ3n) is 2.53. The molecule has 70 valence electrons. The monoisotopic (exact) mass is 171 g/mol. The molecule has 3 nitrogen and oxygen atoms in total. The lowest BCUT2D eigenvalue weighted by Gasteiger charge is -2.14. The zero-order valence-corrected chi connectivity index (χ0v) is 7.79. The topological polar surface area (TPSA) is 40.5 Å². The van der Waals surface area contributed by atoms with Crippen LogP contribution < -0.4 is 0 Å². The molecule has 0 heterocycles. The van der Waals surface area contributed by atoms with Crippen molar-refractivity contribution in [3.05, 3.63) is 0 Å². The molecular weight excluding hydrogens is 154 g/mol. The van der Waals surface area contributed by atoms with Gasteiger partial charge in [-0.15, -0.1) is 0 Å². The highest BCUT2D eigenvalue weighted by Gasteiger charge is 2.32. The number of hydrogen-bond donors (Lipinski definition) is 1. The van der Waals surface area contributed by atoms with E-state index in [4.69, 9.17) is 5.11 Å². The van der Waals surface area contributed by atoms with Crippen molar-refractivity contribution in [1.29, 1.82) is 0 Å². The standard InChI is InChI=1S/C9H17NO2/c1-7-5-8(7)6-10(2)4-3-9(11)12/h7-8H,3-6H2,1-2H3,(H,11,12). The molecule has 1 saturated carbocycles. The molecule has 3 heteroatoms. The molecule has 1 fully saturated rings. The van der Waals surface area contributed by atoms with Crippen molar-refractivity contribution in [3.8, 4) is 0 Å². The maximum Gasteiger partial charge on any atom is 0.304 e. The smallest absolute Gasteiger partial charge is 0.304 e. The van der Waals surface area contributed by atoms with Gasteiger partial charge in [0.2, 0.25) is 0 Å². The van der Waals surface area contributed by atoms with Crippen molar-refractivity contribution in [3.63, 3.8) is 0 Å². The molecule has 2 atom stereocenters. The fourth-order valence-corrected chi connectivity index (χ4v) is 1.43. The van der Waals surface area contributed by atoms with Gasteiger partial charge in [0, 0.05) is 13.1 Å². The molecular formula is C9H17NO2. The normalized spacial score (nSPS) is 27.6. The van der Waals surface area contributed by atoms with Gasteiger partial charge < -0.3 is 10.0 Å². The molecule has 0 aromatic heterocycles. The van der Waals surface area contributed by atoms with Gasteiger partial charge in [-0.25, -0.2) is 0 Å². The predicted molar refractivity (Wildman–Crippen MR) is 47.0 cm³/mol. The van der Waals surface area contributed by atoms with Gasteiger partial charge in [0.1, 0.15) is 0 Å². The molecule has 0 bridgehead atoms. The van der Waals surface area contributed by atoms with Crippen molar-refractivity contribution < 1.29 is 9.90 Å². The number of carboxylic acid groups (broad SMARTS) is 1. The molecule has 0 spiro atoms. The van der Waals surface area contributed by atoms with Crippen LogP contribution in [0, 0.1) is 11.8 Å². The van der Waals surface area contributed by atoms with Crippen LogP contribution in [0.4, 0.5) is 0 Å². The maximum atomic E-state index is 10.2. The number of nitrogens with zero attached hydrogens (tertiary/aromatic N) is 1. The van der Waals surface area contributed by atoms with E-state index < -0.39 is 5.97 Å². The van der Waals surface area contributed by atoms with Crippen molar-refractivity contribution in [1.82, 2.24) is 4.90 Å². The summed E-state index contributed by atoms with van der Waals surface area (Å²) in [5, 5.41) is 8.44. The summed E-state index contributed by atoms with van der Waals surface area (Å²) < 4.78 is 0. The molecule has 1 aliphatic rings. The summed E-state index contributed by atoms with van der Waals surface area (Å²) in [5.74, 6) is 0.978. The van der Waals surface area contributed by atoms with E-state index in [0.29, 0.717) is 6.54 Å². The molecule has 0 saturated heterocycles. The fourth-order valence-electron chi connectivity index (χ4n) is 1.43. The molecule has 1 rings (SSSR count). The zero-order valence-electron chi connectivity index (χ0n) is 7.79. The Balaban J connectivity index is 2.04. The van der Waals surface area contributed by atoms with Crippen LogP contribution in [0.1, 0.15) is 19.8 Å². The average molecular weight is 171 g/mol. The van der Waals surface area contributed by atoms with Crippen molar-refractivity contribution in [2.24, 2.45) is 11.8 Å². The van der Waals surface area contributed by atoms with E-state index >= 15 is 0 Å². The van der Waals surface area contributed by atoms with Crippen molar-refractivity contribution in [2.75, 3.05) is 20.1 Å². The lowest BCUT2D eigenvalue weighted by Crippen LogP contribution is -2.24. The first kappa shape index (κ1) is 9.52. The molecule has 1 N–H and O–H groups in total. The van der Waals surface area contributed by atoms with Crippen LogP contribution in [0.25, 0.3) is 0 Å². The second-order valence-corrected chi connectivity index (χ2v) is 3.88. The Labute approximate surface area is 73.4 Å². The Hall–Kier alpha value is -0.570. The van der Waals surface area contributed by atoms with Gasteiger partial charge in [-0.05, 0) is 25.3 Å². The van der Waals surface area contributed by atoms with Crippen LogP contribution in [-0.2, 0) is 4.79 Å². The molecule has 12 heavy (non-hydrogen) atoms. The van der Waals surface area contributed by atoms with E-state index in [9.17, 15) is 4.79 Å². The summed E-state index contributed by atoms with van der Waals surface area (Å²) in [6, 6.07) is 0. The van der Waals surface area contributed by atoms with Gasteiger partial charge in [0.25, 0.3) is 0 Å². The Morgan fingerprint density at radius 2 is 2.25 bits per heavy atom. The quantitative estimate of drug-likeness (QED) is 0.672. The largest absolute Gasteiger partial charge is 0.481 e. The molecule has 0 amide bonds. The highest BCUT2D eigenvalue weighted by Crippen LogP contribution is 2.37. The number of aliphatic carboxylic acids is 1. The molecule has 0 aromatic rings. The van der Waals surface area contributed by atoms with E-state index in [2.05, 4.69) is 11.8 Å². The Bertz CT molecular complexity index is 170. The third-order valence-corrected chi connectivity index (χ3v) is 2.53. The summed E-state index contributed by atoms with van der Waals surface area (Å²) in [4.78, 5) is 12.4. The van der Waals surface area contributed by atoms with Gasteiger partial charge in [-0.2, -0.15) is 0 Å². The van der Waals surface area contributed by atoms with Gasteiger partial charge in [0.05, 0.1) is 6.42 Å². The molecule has 0 aliphatic heterocycles. The van der Waals surface area contributed by atoms with Crippen molar-refractivity contribution in [2.45, 2.75) is 19.8 Å². The summed E-state index contributed by atoms with van der Waals surface area (Å²) in [5.41, 5.74) is 0. The number of carbonyl (C=O) groups is 1. The minimum Gasteiger partial charge on any atom is -0.481 e. The van der Waals surface area contributed by atoms with Gasteiger partial charge in [0.15, 0.2) is 0 Å². The number of carboxylic acids is 1. The van der Waals surface area contributed by atoms with E-state index in [-0.39, 0.29) is 6.42 Å². The summed E-state index contributed by atoms with van der Waals surface area (Å²) in [6.07, 6.45) is 1.58. The highest BCUT2D eigenvalue weighted by molar-refractivity contribution is 5.66. The van der Waals surface area contributed by atoms with Gasteiger partial charge in [-0.1, -0.05) is 6.92 Å². The van der Waals surface area contributed by atoms with E-state index in [1.54, 1.807) is 0 Å². The molecule has 0 aromatic carbocycles. The van der Waals surface area contributed by atoms with Crippen LogP contribution >= 0.6 is 0 Å². The van der Waals surface area contributed by atoms with E-state index in [0.717, 1.165) is 18.4 Å². The number of hydrogen-bond acceptors (Lipinski definition) is 2. The van der Waals surface area contributed by atoms with Crippen LogP contribution in [0.5, 0.6) is 0 Å². The lowest BCUT2D eigenvalue weighted by atomic mass is 10.3. The van der Waals surface area contributed by atoms with Gasteiger partial charge >= 0.3 is 5.97 Å². The highest BCUT2D eigenvalue weighted by atomic mass is 16.4. The first-order valence-corrected chi connectivity index (χ1v) is 4.50. The molecule has 1 aliphatic carbocycles. The average Bonchev–Trinajstić information content (AvgIpc) is 2.62. The third kappa shape index (κ3) is 3.22. The lowest BCUT2D eigenvalue weighted by molar-refractivity contribution is -0.137. The van der Waals surface area contributed by atoms with Crippen LogP contribution in [0.2, 0.25) is 0 Å². The number of rotatable bonds is 5. The zero-order chi connectivity index (χ0) is 9.14. The Morgan fingerprint density at radius 3 is 2.67 bits per heavy atom. The Morgan fingerprint density at radius 1 is 1.67 bits per heavy atom. The van der Waals surface area contributed by atoms with Crippen LogP contribution in [-0.4, -0.2) is 36.1 Å². The van der Waals surface area contributed by atoms with Gasteiger partial charge in [-0.3, -0.25) is 4.79 Å². The molecule has 2 unspecified atom stereocenters. The van der Waals surface area contributed by atoms with Crippen LogP contribution in [0.3, 0.4) is 0 Å². The SMILES string of the molecule is CC1CC1CN(C)CCC(=O)O. The van der Waals surface area contributed by atoms with Crippen LogP contribution in [0.15, 0.2) is 0 Å². The fraction of sp³-hybridized carbons (Fsp3) is 0.889. The minimum absolute atomic E-state index is 0.262. The van der Waals surface area contributed by atoms with E-state index in [1.165, 1.54) is 6.42 Å². The second-order valence-electron chi connectivity index (χ2n) is 3.88. The first-order chi connectivity index (χ1) is 5.59. The van der Waals surface area contributed by atoms with Crippen molar-refractivity contribution >= 4 is 5.97 Å².